The summed E-state index contributed by atoms with van der Waals surface area (Å²) in [4.78, 5) is 2.29. The molecule has 2 heterocycles. The quantitative estimate of drug-likeness (QED) is 0.676. The van der Waals surface area contributed by atoms with Crippen molar-refractivity contribution in [3.8, 4) is 0 Å². The molecular weight excluding hydrogens is 228 g/mol. The molecule has 0 aliphatic carbocycles. The fraction of sp³-hybridized carbons (Fsp3) is 0.846. The van der Waals surface area contributed by atoms with Crippen molar-refractivity contribution in [2.75, 3.05) is 19.6 Å². The van der Waals surface area contributed by atoms with Crippen LogP contribution in [0.3, 0.4) is 0 Å². The van der Waals surface area contributed by atoms with E-state index in [1.165, 1.54) is 0 Å². The average molecular weight is 254 g/mol. The highest BCUT2D eigenvalue weighted by atomic mass is 16.3. The van der Waals surface area contributed by atoms with Crippen molar-refractivity contribution in [1.29, 1.82) is 0 Å². The van der Waals surface area contributed by atoms with Crippen molar-refractivity contribution in [2.45, 2.75) is 46.3 Å². The number of aliphatic hydroxyl groups is 1. The van der Waals surface area contributed by atoms with Gasteiger partial charge in [-0.3, -0.25) is 5.01 Å². The predicted molar refractivity (Wildman–Crippen MR) is 72.2 cm³/mol. The van der Waals surface area contributed by atoms with Crippen molar-refractivity contribution >= 4 is 0 Å². The van der Waals surface area contributed by atoms with Gasteiger partial charge >= 0.3 is 0 Å². The third-order valence-electron chi connectivity index (χ3n) is 3.83. The largest absolute Gasteiger partial charge is 0.390 e. The minimum absolute atomic E-state index is 0.0941. The molecule has 0 amide bonds. The van der Waals surface area contributed by atoms with E-state index in [1.807, 2.05) is 5.01 Å². The number of nitrogens with one attached hydrogen (secondary N) is 2. The van der Waals surface area contributed by atoms with Gasteiger partial charge in [-0.2, -0.15) is 0 Å². The number of β-amino-alcohol motifs (C(OH)–C–C–N with tert-alkyl or cyclic N) is 1. The number of aliphatic hydroxyl groups excluding tert-OH is 1. The van der Waals surface area contributed by atoms with Crippen LogP contribution in [0.5, 0.6) is 0 Å². The highest BCUT2D eigenvalue weighted by Gasteiger charge is 2.34. The number of piperidine rings is 1. The first kappa shape index (κ1) is 13.6. The van der Waals surface area contributed by atoms with Crippen LogP contribution in [0.2, 0.25) is 0 Å². The van der Waals surface area contributed by atoms with Crippen LogP contribution >= 0.6 is 0 Å². The maximum atomic E-state index is 10.2. The first-order chi connectivity index (χ1) is 8.41. The summed E-state index contributed by atoms with van der Waals surface area (Å²) in [6.45, 7) is 11.5. The first-order valence-corrected chi connectivity index (χ1v) is 6.84. The normalized spacial score (nSPS) is 30.3. The van der Waals surface area contributed by atoms with E-state index in [2.05, 4.69) is 49.8 Å². The molecule has 0 unspecified atom stereocenters. The van der Waals surface area contributed by atoms with Crippen molar-refractivity contribution < 1.29 is 5.11 Å². The van der Waals surface area contributed by atoms with Gasteiger partial charge < -0.3 is 15.4 Å². The molecule has 0 bridgehead atoms. The van der Waals surface area contributed by atoms with E-state index in [-0.39, 0.29) is 17.6 Å². The lowest BCUT2D eigenvalue weighted by molar-refractivity contribution is -0.0106. The van der Waals surface area contributed by atoms with Gasteiger partial charge in [0.1, 0.15) is 0 Å². The monoisotopic (exact) mass is 254 g/mol. The number of rotatable bonds is 2. The molecule has 0 radical (unpaired) electrons. The second-order valence-corrected chi connectivity index (χ2v) is 6.25. The Bertz CT molecular complexity index is 323. The van der Waals surface area contributed by atoms with Crippen LogP contribution in [0.1, 0.15) is 34.1 Å². The van der Waals surface area contributed by atoms with Crippen LogP contribution in [0.4, 0.5) is 0 Å². The number of hydrogen-bond acceptors (Lipinski definition) is 5. The van der Waals surface area contributed by atoms with E-state index in [9.17, 15) is 5.11 Å². The number of allylic oxidation sites excluding steroid dienone is 1. The lowest BCUT2D eigenvalue weighted by Gasteiger charge is -2.39. The minimum atomic E-state index is -0.302. The molecule has 1 saturated heterocycles. The van der Waals surface area contributed by atoms with E-state index >= 15 is 0 Å². The third kappa shape index (κ3) is 2.79. The van der Waals surface area contributed by atoms with Gasteiger partial charge in [-0.05, 0) is 13.0 Å². The minimum Gasteiger partial charge on any atom is -0.390 e. The van der Waals surface area contributed by atoms with E-state index < -0.39 is 0 Å². The summed E-state index contributed by atoms with van der Waals surface area (Å²) in [6, 6.07) is 0.153. The zero-order valence-electron chi connectivity index (χ0n) is 11.9. The molecule has 18 heavy (non-hydrogen) atoms. The second kappa shape index (κ2) is 5.07. The molecule has 0 aromatic heterocycles. The van der Waals surface area contributed by atoms with Crippen LogP contribution < -0.4 is 11.0 Å². The third-order valence-corrected chi connectivity index (χ3v) is 3.83. The van der Waals surface area contributed by atoms with E-state index in [0.717, 1.165) is 31.8 Å². The van der Waals surface area contributed by atoms with Gasteiger partial charge in [0.05, 0.1) is 17.8 Å². The lowest BCUT2D eigenvalue weighted by Crippen LogP contribution is -2.56. The van der Waals surface area contributed by atoms with Crippen LogP contribution in [-0.2, 0) is 0 Å². The lowest BCUT2D eigenvalue weighted by atomic mass is 9.93. The van der Waals surface area contributed by atoms with Crippen molar-refractivity contribution in [3.05, 3.63) is 11.9 Å². The highest BCUT2D eigenvalue weighted by molar-refractivity contribution is 5.11. The fourth-order valence-electron chi connectivity index (χ4n) is 2.48. The van der Waals surface area contributed by atoms with E-state index in [1.54, 1.807) is 0 Å². The van der Waals surface area contributed by atoms with Gasteiger partial charge in [0.25, 0.3) is 0 Å². The zero-order valence-corrected chi connectivity index (χ0v) is 11.9. The Morgan fingerprint density at radius 1 is 1.44 bits per heavy atom. The summed E-state index contributed by atoms with van der Waals surface area (Å²) >= 11 is 0. The van der Waals surface area contributed by atoms with Crippen LogP contribution in [-0.4, -0.2) is 46.8 Å². The summed E-state index contributed by atoms with van der Waals surface area (Å²) in [5, 5.41) is 12.3. The summed E-state index contributed by atoms with van der Waals surface area (Å²) in [5.74, 6) is 0. The van der Waals surface area contributed by atoms with Crippen LogP contribution in [0.25, 0.3) is 0 Å². The van der Waals surface area contributed by atoms with E-state index in [4.69, 9.17) is 0 Å². The van der Waals surface area contributed by atoms with Gasteiger partial charge in [0, 0.05) is 24.7 Å². The Kier molecular flexibility index (Phi) is 3.84. The molecule has 104 valence electrons. The number of likely N-dealkylation sites (N-methyl/N-ethyl adjacent to an activating group) is 1. The van der Waals surface area contributed by atoms with Gasteiger partial charge in [0.15, 0.2) is 0 Å². The standard InChI is InChI=1S/C13H26N4O/c1-5-16-7-6-10(11(18)8-16)17-9-12(14-15-17)13(2,3)4/h9-11,14-15,18H,5-8H2,1-4H3/t10-,11-/m1/s1. The first-order valence-electron chi connectivity index (χ1n) is 6.84. The summed E-state index contributed by atoms with van der Waals surface area (Å²) in [7, 11) is 0. The van der Waals surface area contributed by atoms with E-state index in [0.29, 0.717) is 0 Å². The summed E-state index contributed by atoms with van der Waals surface area (Å²) in [6.07, 6.45) is 2.77. The topological polar surface area (TPSA) is 50.8 Å². The van der Waals surface area contributed by atoms with Gasteiger partial charge in [-0.1, -0.05) is 27.7 Å². The van der Waals surface area contributed by atoms with Crippen molar-refractivity contribution in [1.82, 2.24) is 20.9 Å². The molecule has 0 saturated carbocycles. The molecule has 0 spiro atoms. The van der Waals surface area contributed by atoms with Gasteiger partial charge in [-0.25, -0.2) is 0 Å². The number of nitrogens with zero attached hydrogens (tertiary/aromatic N) is 2. The Morgan fingerprint density at radius 2 is 2.17 bits per heavy atom. The summed E-state index contributed by atoms with van der Waals surface area (Å²) in [5.41, 5.74) is 7.61. The molecule has 3 N–H and O–H groups in total. The average Bonchev–Trinajstić information content (AvgIpc) is 2.77. The molecule has 2 aliphatic rings. The Labute approximate surface area is 110 Å². The van der Waals surface area contributed by atoms with Crippen molar-refractivity contribution in [3.63, 3.8) is 0 Å². The Hall–Kier alpha value is -0.780. The molecule has 5 heteroatoms. The maximum absolute atomic E-state index is 10.2. The number of hydrogen-bond donors (Lipinski definition) is 3. The molecule has 1 fully saturated rings. The highest BCUT2D eigenvalue weighted by Crippen LogP contribution is 2.27. The summed E-state index contributed by atoms with van der Waals surface area (Å²) < 4.78 is 0. The van der Waals surface area contributed by atoms with Crippen molar-refractivity contribution in [2.24, 2.45) is 5.41 Å². The zero-order chi connectivity index (χ0) is 13.3. The molecule has 2 aliphatic heterocycles. The molecule has 0 aromatic carbocycles. The van der Waals surface area contributed by atoms with Gasteiger partial charge in [0.2, 0.25) is 0 Å². The van der Waals surface area contributed by atoms with Crippen LogP contribution in [0, 0.1) is 5.41 Å². The molecule has 5 nitrogen and oxygen atoms in total. The number of likely N-dealkylation sites (tertiary alicyclic amines) is 1. The predicted octanol–water partition coefficient (Wildman–Crippen LogP) is 0.654. The van der Waals surface area contributed by atoms with Gasteiger partial charge in [-0.15, -0.1) is 5.53 Å². The molecular formula is C13H26N4O. The molecule has 2 rings (SSSR count). The molecule has 2 atom stereocenters. The smallest absolute Gasteiger partial charge is 0.0886 e. The number of hydrazine groups is 2. The Balaban J connectivity index is 2.00. The Morgan fingerprint density at radius 3 is 2.67 bits per heavy atom. The SMILES string of the molecule is CCN1CC[C@@H](N2C=C(C(C)(C)C)NN2)[C@H](O)C1. The van der Waals surface area contributed by atoms with Crippen LogP contribution in [0.15, 0.2) is 11.9 Å². The maximum Gasteiger partial charge on any atom is 0.0886 e. The fourth-order valence-corrected chi connectivity index (χ4v) is 2.48. The second-order valence-electron chi connectivity index (χ2n) is 6.25. The molecule has 0 aromatic rings.